The van der Waals surface area contributed by atoms with E-state index in [-0.39, 0.29) is 0 Å². The van der Waals surface area contributed by atoms with Gasteiger partial charge in [-0.05, 0) is 0 Å². The second-order valence-electron chi connectivity index (χ2n) is 1.59. The molecule has 0 aromatic carbocycles. The summed E-state index contributed by atoms with van der Waals surface area (Å²) in [6.07, 6.45) is -0.749. The van der Waals surface area contributed by atoms with Crippen molar-refractivity contribution in [1.82, 2.24) is 5.32 Å². The van der Waals surface area contributed by atoms with Crippen LogP contribution in [-0.4, -0.2) is 6.17 Å². The summed E-state index contributed by atoms with van der Waals surface area (Å²) in [5, 5.41) is 1.88. The summed E-state index contributed by atoms with van der Waals surface area (Å²) in [4.78, 5) is 0. The molecule has 0 aromatic heterocycles. The Balaban J connectivity index is 2.70. The largest absolute Gasteiger partial charge is 0.336 e. The Morgan fingerprint density at radius 2 is 2.11 bits per heavy atom. The molecule has 50 valence electrons. The van der Waals surface area contributed by atoms with Crippen molar-refractivity contribution in [3.05, 3.63) is 24.1 Å². The zero-order chi connectivity index (χ0) is 6.85. The molecule has 9 heavy (non-hydrogen) atoms. The maximum atomic E-state index is 12.0. The van der Waals surface area contributed by atoms with E-state index in [1.807, 2.05) is 5.32 Å². The topological polar surface area (TPSA) is 12.0 Å². The Morgan fingerprint density at radius 1 is 1.44 bits per heavy atom. The van der Waals surface area contributed by atoms with Crippen LogP contribution in [0.3, 0.4) is 0 Å². The van der Waals surface area contributed by atoms with Crippen LogP contribution in [-0.2, 0) is 0 Å². The quantitative estimate of drug-likeness (QED) is 0.497. The van der Waals surface area contributed by atoms with Crippen molar-refractivity contribution < 1.29 is 13.2 Å². The van der Waals surface area contributed by atoms with Crippen LogP contribution in [0.25, 0.3) is 0 Å². The lowest BCUT2D eigenvalue weighted by atomic mass is 10.3. The second-order valence-corrected chi connectivity index (χ2v) is 1.59. The van der Waals surface area contributed by atoms with Gasteiger partial charge in [-0.1, -0.05) is 0 Å². The van der Waals surface area contributed by atoms with E-state index >= 15 is 0 Å². The van der Waals surface area contributed by atoms with Crippen molar-refractivity contribution in [1.29, 1.82) is 0 Å². The third-order valence-corrected chi connectivity index (χ3v) is 0.904. The van der Waals surface area contributed by atoms with E-state index in [0.717, 1.165) is 0 Å². The lowest BCUT2D eigenvalue weighted by Crippen LogP contribution is -2.12. The number of rotatable bonds is 0. The molecule has 4 heteroatoms. The van der Waals surface area contributed by atoms with Crippen molar-refractivity contribution in [3.8, 4) is 0 Å². The Labute approximate surface area is 49.9 Å². The van der Waals surface area contributed by atoms with Crippen molar-refractivity contribution in [3.63, 3.8) is 0 Å². The van der Waals surface area contributed by atoms with E-state index in [1.165, 1.54) is 0 Å². The van der Waals surface area contributed by atoms with Crippen LogP contribution >= 0.6 is 0 Å². The standard InChI is InChI=1S/C5H4F3N/c6-3-1-5(8)9-2-4(3)7/h1-3,9H. The van der Waals surface area contributed by atoms with E-state index in [9.17, 15) is 13.2 Å². The third-order valence-electron chi connectivity index (χ3n) is 0.904. The van der Waals surface area contributed by atoms with Crippen LogP contribution < -0.4 is 5.32 Å². The molecular weight excluding hydrogens is 131 g/mol. The third kappa shape index (κ3) is 1.25. The summed E-state index contributed by atoms with van der Waals surface area (Å²) >= 11 is 0. The molecule has 0 fully saturated rings. The molecule has 0 saturated heterocycles. The van der Waals surface area contributed by atoms with Crippen molar-refractivity contribution in [2.45, 2.75) is 6.17 Å². The fourth-order valence-corrected chi connectivity index (χ4v) is 0.474. The Hall–Kier alpha value is -0.930. The minimum Gasteiger partial charge on any atom is -0.336 e. The van der Waals surface area contributed by atoms with E-state index in [4.69, 9.17) is 0 Å². The maximum Gasteiger partial charge on any atom is 0.190 e. The average molecular weight is 135 g/mol. The SMILES string of the molecule is FC1=CC(F)C(F)=CN1. The molecule has 1 unspecified atom stereocenters. The molecule has 1 aliphatic rings. The molecule has 0 spiro atoms. The summed E-state index contributed by atoms with van der Waals surface area (Å²) in [6.45, 7) is 0. The number of nitrogens with one attached hydrogen (secondary N) is 1. The fraction of sp³-hybridized carbons (Fsp3) is 0.200. The number of alkyl halides is 1. The van der Waals surface area contributed by atoms with Gasteiger partial charge in [0.25, 0.3) is 0 Å². The van der Waals surface area contributed by atoms with Crippen LogP contribution in [0.5, 0.6) is 0 Å². The molecule has 1 heterocycles. The van der Waals surface area contributed by atoms with Gasteiger partial charge in [-0.2, -0.15) is 4.39 Å². The summed E-state index contributed by atoms with van der Waals surface area (Å²) in [5.41, 5.74) is 0. The monoisotopic (exact) mass is 135 g/mol. The second kappa shape index (κ2) is 2.13. The lowest BCUT2D eigenvalue weighted by Gasteiger charge is -2.06. The molecule has 0 aliphatic carbocycles. The van der Waals surface area contributed by atoms with E-state index in [0.29, 0.717) is 12.3 Å². The molecular formula is C5H4F3N. The number of hydrogen-bond acceptors (Lipinski definition) is 1. The van der Waals surface area contributed by atoms with Crippen LogP contribution in [0.1, 0.15) is 0 Å². The van der Waals surface area contributed by atoms with Gasteiger partial charge in [0.2, 0.25) is 0 Å². The maximum absolute atomic E-state index is 12.0. The highest BCUT2D eigenvalue weighted by molar-refractivity contribution is 5.16. The highest BCUT2D eigenvalue weighted by Gasteiger charge is 2.14. The number of halogens is 3. The van der Waals surface area contributed by atoms with Crippen LogP contribution in [0.15, 0.2) is 24.1 Å². The first-order chi connectivity index (χ1) is 4.20. The van der Waals surface area contributed by atoms with Crippen molar-refractivity contribution in [2.24, 2.45) is 0 Å². The number of allylic oxidation sites excluding steroid dienone is 2. The molecule has 0 aromatic rings. The summed E-state index contributed by atoms with van der Waals surface area (Å²) < 4.78 is 35.9. The molecule has 0 radical (unpaired) electrons. The van der Waals surface area contributed by atoms with Gasteiger partial charge in [-0.15, -0.1) is 0 Å². The Morgan fingerprint density at radius 3 is 2.56 bits per heavy atom. The normalized spacial score (nSPS) is 26.3. The predicted molar refractivity (Wildman–Crippen MR) is 26.4 cm³/mol. The van der Waals surface area contributed by atoms with E-state index < -0.39 is 17.9 Å². The highest BCUT2D eigenvalue weighted by atomic mass is 19.2. The van der Waals surface area contributed by atoms with Gasteiger partial charge in [-0.3, -0.25) is 0 Å². The molecule has 1 aliphatic heterocycles. The Kier molecular flexibility index (Phi) is 1.46. The minimum absolute atomic E-state index is 0.523. The van der Waals surface area contributed by atoms with Crippen LogP contribution in [0.4, 0.5) is 13.2 Å². The van der Waals surface area contributed by atoms with Crippen molar-refractivity contribution in [2.75, 3.05) is 0 Å². The molecule has 1 atom stereocenters. The van der Waals surface area contributed by atoms with Crippen LogP contribution in [0.2, 0.25) is 0 Å². The van der Waals surface area contributed by atoms with Crippen molar-refractivity contribution >= 4 is 0 Å². The first-order valence-electron chi connectivity index (χ1n) is 2.33. The Bertz CT molecular complexity index is 173. The smallest absolute Gasteiger partial charge is 0.190 e. The average Bonchev–Trinajstić information content (AvgIpc) is 1.80. The van der Waals surface area contributed by atoms with Gasteiger partial charge in [-0.25, -0.2) is 8.78 Å². The number of hydrogen-bond donors (Lipinski definition) is 1. The van der Waals surface area contributed by atoms with Crippen LogP contribution in [0, 0.1) is 0 Å². The first kappa shape index (κ1) is 6.19. The van der Waals surface area contributed by atoms with Gasteiger partial charge < -0.3 is 5.32 Å². The van der Waals surface area contributed by atoms with Gasteiger partial charge >= 0.3 is 0 Å². The predicted octanol–water partition coefficient (Wildman–Crippen LogP) is 1.55. The molecule has 0 saturated carbocycles. The van der Waals surface area contributed by atoms with Gasteiger partial charge in [0, 0.05) is 12.3 Å². The van der Waals surface area contributed by atoms with E-state index in [2.05, 4.69) is 0 Å². The molecule has 1 N–H and O–H groups in total. The first-order valence-corrected chi connectivity index (χ1v) is 2.33. The van der Waals surface area contributed by atoms with E-state index in [1.54, 1.807) is 0 Å². The zero-order valence-corrected chi connectivity index (χ0v) is 4.37. The summed E-state index contributed by atoms with van der Waals surface area (Å²) in [5.74, 6) is -1.86. The minimum atomic E-state index is -1.92. The van der Waals surface area contributed by atoms with Gasteiger partial charge in [0.1, 0.15) is 0 Å². The summed E-state index contributed by atoms with van der Waals surface area (Å²) in [6, 6.07) is 0. The summed E-state index contributed by atoms with van der Waals surface area (Å²) in [7, 11) is 0. The molecule has 1 nitrogen and oxygen atoms in total. The van der Waals surface area contributed by atoms with Gasteiger partial charge in [0.15, 0.2) is 17.9 Å². The fourth-order valence-electron chi connectivity index (χ4n) is 0.474. The molecule has 0 amide bonds. The number of dihydropyridines is 1. The molecule has 1 rings (SSSR count). The molecule has 0 bridgehead atoms. The van der Waals surface area contributed by atoms with Gasteiger partial charge in [0.05, 0.1) is 0 Å². The zero-order valence-electron chi connectivity index (χ0n) is 4.37. The lowest BCUT2D eigenvalue weighted by molar-refractivity contribution is 0.360. The highest BCUT2D eigenvalue weighted by Crippen LogP contribution is 2.14.